The van der Waals surface area contributed by atoms with Crippen LogP contribution in [0, 0.1) is 23.5 Å². The largest absolute Gasteiger partial charge is 0.481 e. The number of benzene rings is 1. The van der Waals surface area contributed by atoms with Crippen LogP contribution in [-0.4, -0.2) is 17.0 Å². The van der Waals surface area contributed by atoms with Crippen LogP contribution < -0.4 is 5.32 Å². The first-order valence-electron chi connectivity index (χ1n) is 6.42. The van der Waals surface area contributed by atoms with Crippen molar-refractivity contribution in [3.05, 3.63) is 35.4 Å². The molecule has 108 valence electrons. The Labute approximate surface area is 114 Å². The quantitative estimate of drug-likeness (QED) is 0.889. The number of hydrogen-bond acceptors (Lipinski definition) is 2. The number of hydrogen-bond donors (Lipinski definition) is 2. The van der Waals surface area contributed by atoms with E-state index in [1.165, 1.54) is 0 Å². The molecular weight excluding hydrogens is 268 g/mol. The van der Waals surface area contributed by atoms with Gasteiger partial charge in [-0.2, -0.15) is 0 Å². The van der Waals surface area contributed by atoms with E-state index in [2.05, 4.69) is 5.32 Å². The van der Waals surface area contributed by atoms with Crippen LogP contribution in [0.15, 0.2) is 18.2 Å². The van der Waals surface area contributed by atoms with Gasteiger partial charge in [-0.05, 0) is 37.5 Å². The third-order valence-corrected chi connectivity index (χ3v) is 3.61. The zero-order valence-electron chi connectivity index (χ0n) is 10.7. The predicted molar refractivity (Wildman–Crippen MR) is 66.7 cm³/mol. The number of carboxylic acid groups (broad SMARTS) is 1. The zero-order valence-corrected chi connectivity index (χ0v) is 10.7. The van der Waals surface area contributed by atoms with Crippen molar-refractivity contribution in [1.29, 1.82) is 0 Å². The normalized spacial score (nSPS) is 21.7. The smallest absolute Gasteiger partial charge is 0.306 e. The maximum absolute atomic E-state index is 13.4. The highest BCUT2D eigenvalue weighted by molar-refractivity contribution is 5.80. The monoisotopic (exact) mass is 283 g/mol. The molecule has 2 rings (SSSR count). The van der Waals surface area contributed by atoms with E-state index in [9.17, 15) is 18.4 Å². The summed E-state index contributed by atoms with van der Waals surface area (Å²) in [5, 5.41) is 11.4. The maximum Gasteiger partial charge on any atom is 0.306 e. The lowest BCUT2D eigenvalue weighted by molar-refractivity contribution is -0.141. The summed E-state index contributed by atoms with van der Waals surface area (Å²) in [5.74, 6) is -3.21. The third-order valence-electron chi connectivity index (χ3n) is 3.61. The second kappa shape index (κ2) is 5.98. The van der Waals surface area contributed by atoms with Crippen molar-refractivity contribution in [3.63, 3.8) is 0 Å². The van der Waals surface area contributed by atoms with E-state index in [0.29, 0.717) is 19.3 Å². The van der Waals surface area contributed by atoms with Crippen molar-refractivity contribution >= 4 is 11.9 Å². The van der Waals surface area contributed by atoms with Crippen LogP contribution in [0.2, 0.25) is 0 Å². The Balaban J connectivity index is 1.90. The minimum atomic E-state index is -0.892. The fraction of sp³-hybridized carbons (Fsp3) is 0.429. The first-order chi connectivity index (χ1) is 9.47. The summed E-state index contributed by atoms with van der Waals surface area (Å²) in [5.41, 5.74) is 0.0751. The topological polar surface area (TPSA) is 66.4 Å². The van der Waals surface area contributed by atoms with Gasteiger partial charge in [0.25, 0.3) is 0 Å². The van der Waals surface area contributed by atoms with Gasteiger partial charge < -0.3 is 10.4 Å². The molecule has 1 aliphatic rings. The SMILES string of the molecule is O=C(O)C1CCC(C(=O)NCc2cc(F)ccc2F)C1. The molecule has 4 nitrogen and oxygen atoms in total. The second-order valence-corrected chi connectivity index (χ2v) is 5.00. The van der Waals surface area contributed by atoms with Gasteiger partial charge in [0.05, 0.1) is 5.92 Å². The van der Waals surface area contributed by atoms with Gasteiger partial charge >= 0.3 is 5.97 Å². The van der Waals surface area contributed by atoms with Crippen molar-refractivity contribution < 1.29 is 23.5 Å². The molecule has 1 fully saturated rings. The zero-order chi connectivity index (χ0) is 14.7. The number of amides is 1. The Hall–Kier alpha value is -1.98. The fourth-order valence-electron chi connectivity index (χ4n) is 2.45. The minimum Gasteiger partial charge on any atom is -0.481 e. The molecule has 2 atom stereocenters. The van der Waals surface area contributed by atoms with E-state index in [4.69, 9.17) is 5.11 Å². The van der Waals surface area contributed by atoms with Gasteiger partial charge in [0.1, 0.15) is 11.6 Å². The second-order valence-electron chi connectivity index (χ2n) is 5.00. The van der Waals surface area contributed by atoms with Crippen LogP contribution in [-0.2, 0) is 16.1 Å². The Bertz CT molecular complexity index is 533. The highest BCUT2D eigenvalue weighted by Crippen LogP contribution is 2.31. The molecule has 20 heavy (non-hydrogen) atoms. The molecule has 0 aliphatic heterocycles. The molecule has 1 amide bonds. The van der Waals surface area contributed by atoms with Gasteiger partial charge in [-0.25, -0.2) is 8.78 Å². The summed E-state index contributed by atoms with van der Waals surface area (Å²) < 4.78 is 26.3. The van der Waals surface area contributed by atoms with Crippen molar-refractivity contribution in [3.8, 4) is 0 Å². The lowest BCUT2D eigenvalue weighted by atomic mass is 10.0. The van der Waals surface area contributed by atoms with E-state index in [0.717, 1.165) is 18.2 Å². The van der Waals surface area contributed by atoms with Crippen LogP contribution in [0.1, 0.15) is 24.8 Å². The van der Waals surface area contributed by atoms with Crippen LogP contribution in [0.25, 0.3) is 0 Å². The van der Waals surface area contributed by atoms with Crippen LogP contribution >= 0.6 is 0 Å². The average Bonchev–Trinajstić information content (AvgIpc) is 2.89. The minimum absolute atomic E-state index is 0.0751. The van der Waals surface area contributed by atoms with E-state index in [1.54, 1.807) is 0 Å². The van der Waals surface area contributed by atoms with Gasteiger partial charge in [0.2, 0.25) is 5.91 Å². The third kappa shape index (κ3) is 3.31. The standard InChI is InChI=1S/C14H15F2NO3/c15-11-3-4-12(16)10(6-11)7-17-13(18)8-1-2-9(5-8)14(19)20/h3-4,6,8-9H,1-2,5,7H2,(H,17,18)(H,19,20). The Morgan fingerprint density at radius 3 is 2.60 bits per heavy atom. The summed E-state index contributed by atoms with van der Waals surface area (Å²) in [6.07, 6.45) is 1.28. The molecule has 0 saturated heterocycles. The highest BCUT2D eigenvalue weighted by Gasteiger charge is 2.33. The lowest BCUT2D eigenvalue weighted by Gasteiger charge is -2.11. The average molecular weight is 283 g/mol. The molecule has 1 aromatic carbocycles. The fourth-order valence-corrected chi connectivity index (χ4v) is 2.45. The number of nitrogens with one attached hydrogen (secondary N) is 1. The van der Waals surface area contributed by atoms with Gasteiger partial charge in [-0.3, -0.25) is 9.59 Å². The summed E-state index contributed by atoms with van der Waals surface area (Å²) >= 11 is 0. The van der Waals surface area contributed by atoms with Gasteiger partial charge in [0, 0.05) is 18.0 Å². The maximum atomic E-state index is 13.4. The number of aliphatic carboxylic acids is 1. The van der Waals surface area contributed by atoms with Gasteiger partial charge in [-0.1, -0.05) is 0 Å². The van der Waals surface area contributed by atoms with E-state index in [1.807, 2.05) is 0 Å². The molecule has 1 aromatic rings. The number of carbonyl (C=O) groups is 2. The molecular formula is C14H15F2NO3. The van der Waals surface area contributed by atoms with Gasteiger partial charge in [-0.15, -0.1) is 0 Å². The number of carboxylic acids is 1. The molecule has 6 heteroatoms. The Morgan fingerprint density at radius 2 is 1.95 bits per heavy atom. The molecule has 0 spiro atoms. The molecule has 2 N–H and O–H groups in total. The molecule has 0 aromatic heterocycles. The Morgan fingerprint density at radius 1 is 1.25 bits per heavy atom. The van der Waals surface area contributed by atoms with Crippen LogP contribution in [0.3, 0.4) is 0 Å². The van der Waals surface area contributed by atoms with E-state index in [-0.39, 0.29) is 23.9 Å². The summed E-state index contributed by atoms with van der Waals surface area (Å²) in [4.78, 5) is 22.7. The van der Waals surface area contributed by atoms with E-state index >= 15 is 0 Å². The molecule has 0 bridgehead atoms. The van der Waals surface area contributed by atoms with E-state index < -0.39 is 23.5 Å². The van der Waals surface area contributed by atoms with Crippen molar-refractivity contribution in [2.75, 3.05) is 0 Å². The van der Waals surface area contributed by atoms with Crippen LogP contribution in [0.4, 0.5) is 8.78 Å². The first-order valence-corrected chi connectivity index (χ1v) is 6.42. The summed E-state index contributed by atoms with van der Waals surface area (Å²) in [6, 6.07) is 3.05. The predicted octanol–water partition coefficient (Wildman–Crippen LogP) is 2.08. The molecule has 0 radical (unpaired) electrons. The molecule has 1 saturated carbocycles. The highest BCUT2D eigenvalue weighted by atomic mass is 19.1. The number of carbonyl (C=O) groups excluding carboxylic acids is 1. The van der Waals surface area contributed by atoms with Crippen LogP contribution in [0.5, 0.6) is 0 Å². The van der Waals surface area contributed by atoms with Gasteiger partial charge in [0.15, 0.2) is 0 Å². The summed E-state index contributed by atoms with van der Waals surface area (Å²) in [6.45, 7) is -0.101. The first kappa shape index (κ1) is 14.4. The molecule has 0 heterocycles. The molecule has 2 unspecified atom stereocenters. The Kier molecular flexibility index (Phi) is 4.32. The number of rotatable bonds is 4. The van der Waals surface area contributed by atoms with Crippen molar-refractivity contribution in [1.82, 2.24) is 5.32 Å². The summed E-state index contributed by atoms with van der Waals surface area (Å²) in [7, 11) is 0. The molecule has 1 aliphatic carbocycles. The lowest BCUT2D eigenvalue weighted by Crippen LogP contribution is -2.29. The number of halogens is 2. The van der Waals surface area contributed by atoms with Crippen molar-refractivity contribution in [2.24, 2.45) is 11.8 Å². The van der Waals surface area contributed by atoms with Crippen molar-refractivity contribution in [2.45, 2.75) is 25.8 Å².